The lowest BCUT2D eigenvalue weighted by Gasteiger charge is -2.21. The minimum Gasteiger partial charge on any atom is -0.385 e. The van der Waals surface area contributed by atoms with E-state index in [0.29, 0.717) is 5.41 Å². The highest BCUT2D eigenvalue weighted by Gasteiger charge is 2.29. The third-order valence-corrected chi connectivity index (χ3v) is 2.28. The largest absolute Gasteiger partial charge is 0.385 e. The quantitative estimate of drug-likeness (QED) is 0.573. The van der Waals surface area contributed by atoms with Gasteiger partial charge in [-0.25, -0.2) is 0 Å². The topological polar surface area (TPSA) is 30.9 Å². The lowest BCUT2D eigenvalue weighted by molar-refractivity contribution is 0.469. The predicted octanol–water partition coefficient (Wildman–Crippen LogP) is 1.36. The van der Waals surface area contributed by atoms with Gasteiger partial charge in [0.1, 0.15) is 5.82 Å². The van der Waals surface area contributed by atoms with Crippen molar-refractivity contribution >= 4 is 5.82 Å². The van der Waals surface area contributed by atoms with E-state index in [-0.39, 0.29) is 0 Å². The SMILES string of the molecule is CC1(C)Cn2cc1cc2N. The van der Waals surface area contributed by atoms with Crippen LogP contribution in [0, 0.1) is 0 Å². The third-order valence-electron chi connectivity index (χ3n) is 2.28. The van der Waals surface area contributed by atoms with Gasteiger partial charge in [0.25, 0.3) is 0 Å². The Morgan fingerprint density at radius 2 is 2.30 bits per heavy atom. The molecule has 10 heavy (non-hydrogen) atoms. The van der Waals surface area contributed by atoms with E-state index in [2.05, 4.69) is 30.7 Å². The summed E-state index contributed by atoms with van der Waals surface area (Å²) in [6.45, 7) is 5.52. The number of nitrogens with zero attached hydrogens (tertiary/aromatic N) is 1. The zero-order valence-electron chi connectivity index (χ0n) is 6.39. The van der Waals surface area contributed by atoms with Crippen molar-refractivity contribution in [2.45, 2.75) is 25.8 Å². The van der Waals surface area contributed by atoms with Crippen LogP contribution in [0.4, 0.5) is 5.82 Å². The molecular weight excluding hydrogens is 124 g/mol. The summed E-state index contributed by atoms with van der Waals surface area (Å²) in [5, 5.41) is 0. The smallest absolute Gasteiger partial charge is 0.103 e. The van der Waals surface area contributed by atoms with Crippen LogP contribution in [0.1, 0.15) is 19.4 Å². The molecule has 2 heteroatoms. The number of aromatic nitrogens is 1. The average Bonchev–Trinajstić information content (AvgIpc) is 2.21. The van der Waals surface area contributed by atoms with Crippen LogP contribution in [0.15, 0.2) is 12.3 Å². The van der Waals surface area contributed by atoms with E-state index < -0.39 is 0 Å². The molecule has 1 aromatic rings. The first-order valence-corrected chi connectivity index (χ1v) is 3.56. The van der Waals surface area contributed by atoms with E-state index in [9.17, 15) is 0 Å². The Kier molecular flexibility index (Phi) is 0.810. The second-order valence-electron chi connectivity index (χ2n) is 3.67. The molecule has 1 aromatic heterocycles. The molecule has 1 aliphatic rings. The minimum atomic E-state index is 0.322. The summed E-state index contributed by atoms with van der Waals surface area (Å²) >= 11 is 0. The van der Waals surface area contributed by atoms with E-state index in [4.69, 9.17) is 5.73 Å². The molecule has 0 saturated heterocycles. The lowest BCUT2D eigenvalue weighted by atomic mass is 9.87. The van der Waals surface area contributed by atoms with Crippen molar-refractivity contribution in [2.75, 3.05) is 5.73 Å². The van der Waals surface area contributed by atoms with Crippen molar-refractivity contribution in [3.05, 3.63) is 17.8 Å². The maximum Gasteiger partial charge on any atom is 0.103 e. The maximum absolute atomic E-state index is 5.68. The van der Waals surface area contributed by atoms with Gasteiger partial charge < -0.3 is 10.3 Å². The van der Waals surface area contributed by atoms with Gasteiger partial charge in [-0.3, -0.25) is 0 Å². The molecule has 2 heterocycles. The summed E-state index contributed by atoms with van der Waals surface area (Å²) in [4.78, 5) is 0. The summed E-state index contributed by atoms with van der Waals surface area (Å²) in [5.74, 6) is 0.898. The normalized spacial score (nSPS) is 19.8. The van der Waals surface area contributed by atoms with Gasteiger partial charge in [-0.2, -0.15) is 0 Å². The summed E-state index contributed by atoms with van der Waals surface area (Å²) in [7, 11) is 0. The molecule has 2 nitrogen and oxygen atoms in total. The first-order chi connectivity index (χ1) is 4.59. The van der Waals surface area contributed by atoms with Crippen molar-refractivity contribution in [1.29, 1.82) is 0 Å². The number of nitrogen functional groups attached to an aromatic ring is 1. The molecule has 0 spiro atoms. The Hall–Kier alpha value is -0.920. The highest BCUT2D eigenvalue weighted by Crippen LogP contribution is 2.34. The van der Waals surface area contributed by atoms with Gasteiger partial charge in [-0.05, 0) is 11.6 Å². The molecule has 0 aliphatic carbocycles. The zero-order chi connectivity index (χ0) is 7.35. The Bertz CT molecular complexity index is 267. The highest BCUT2D eigenvalue weighted by molar-refractivity contribution is 5.43. The fraction of sp³-hybridized carbons (Fsp3) is 0.500. The second kappa shape index (κ2) is 1.39. The van der Waals surface area contributed by atoms with Gasteiger partial charge in [0.05, 0.1) is 0 Å². The van der Waals surface area contributed by atoms with E-state index in [0.717, 1.165) is 12.4 Å². The van der Waals surface area contributed by atoms with Gasteiger partial charge >= 0.3 is 0 Å². The molecule has 0 unspecified atom stereocenters. The fourth-order valence-electron chi connectivity index (χ4n) is 1.55. The van der Waals surface area contributed by atoms with Crippen LogP contribution < -0.4 is 5.73 Å². The van der Waals surface area contributed by atoms with Crippen LogP contribution >= 0.6 is 0 Å². The average molecular weight is 136 g/mol. The Morgan fingerprint density at radius 3 is 2.60 bits per heavy atom. The molecule has 2 bridgehead atoms. The van der Waals surface area contributed by atoms with Gasteiger partial charge in [-0.1, -0.05) is 13.8 Å². The van der Waals surface area contributed by atoms with E-state index >= 15 is 0 Å². The summed E-state index contributed by atoms with van der Waals surface area (Å²) < 4.78 is 2.11. The first-order valence-electron chi connectivity index (χ1n) is 3.56. The predicted molar refractivity (Wildman–Crippen MR) is 41.9 cm³/mol. The standard InChI is InChI=1S/C8H12N2/c1-8(2)5-10-4-6(8)3-7(10)9/h3-4H,5,9H2,1-2H3. The molecule has 2 N–H and O–H groups in total. The Labute approximate surface area is 60.6 Å². The molecule has 0 amide bonds. The van der Waals surface area contributed by atoms with Gasteiger partial charge in [0.15, 0.2) is 0 Å². The number of fused-ring (bicyclic) bond motifs is 2. The molecule has 0 radical (unpaired) electrons. The summed E-state index contributed by atoms with van der Waals surface area (Å²) in [5.41, 5.74) is 7.36. The Morgan fingerprint density at radius 1 is 1.60 bits per heavy atom. The zero-order valence-corrected chi connectivity index (χ0v) is 6.39. The summed E-state index contributed by atoms with van der Waals surface area (Å²) in [6.07, 6.45) is 2.13. The van der Waals surface area contributed by atoms with Crippen molar-refractivity contribution in [1.82, 2.24) is 4.57 Å². The molecule has 0 saturated carbocycles. The van der Waals surface area contributed by atoms with Gasteiger partial charge in [0, 0.05) is 18.2 Å². The van der Waals surface area contributed by atoms with Crippen LogP contribution in [-0.4, -0.2) is 4.57 Å². The van der Waals surface area contributed by atoms with Crippen molar-refractivity contribution in [3.8, 4) is 0 Å². The number of hydrogen-bond donors (Lipinski definition) is 1. The number of anilines is 1. The monoisotopic (exact) mass is 136 g/mol. The molecule has 0 aromatic carbocycles. The molecule has 0 fully saturated rings. The van der Waals surface area contributed by atoms with E-state index in [1.54, 1.807) is 0 Å². The maximum atomic E-state index is 5.68. The fourth-order valence-corrected chi connectivity index (χ4v) is 1.55. The van der Waals surface area contributed by atoms with E-state index in [1.807, 2.05) is 0 Å². The number of nitrogens with two attached hydrogens (primary N) is 1. The van der Waals surface area contributed by atoms with Crippen LogP contribution in [0.2, 0.25) is 0 Å². The summed E-state index contributed by atoms with van der Waals surface area (Å²) in [6, 6.07) is 2.06. The van der Waals surface area contributed by atoms with Crippen LogP contribution in [0.5, 0.6) is 0 Å². The van der Waals surface area contributed by atoms with Gasteiger partial charge in [0.2, 0.25) is 0 Å². The van der Waals surface area contributed by atoms with Crippen molar-refractivity contribution in [3.63, 3.8) is 0 Å². The third kappa shape index (κ3) is 0.537. The molecular formula is C8H12N2. The van der Waals surface area contributed by atoms with Gasteiger partial charge in [-0.15, -0.1) is 0 Å². The minimum absolute atomic E-state index is 0.322. The Balaban J connectivity index is 2.56. The van der Waals surface area contributed by atoms with Crippen LogP contribution in [0.3, 0.4) is 0 Å². The number of rotatable bonds is 0. The molecule has 1 aliphatic heterocycles. The number of hydrogen-bond acceptors (Lipinski definition) is 1. The highest BCUT2D eigenvalue weighted by atomic mass is 15.1. The second-order valence-corrected chi connectivity index (χ2v) is 3.67. The van der Waals surface area contributed by atoms with Crippen LogP contribution in [0.25, 0.3) is 0 Å². The molecule has 0 atom stereocenters. The molecule has 54 valence electrons. The van der Waals surface area contributed by atoms with Crippen LogP contribution in [-0.2, 0) is 12.0 Å². The van der Waals surface area contributed by atoms with Crippen molar-refractivity contribution in [2.24, 2.45) is 0 Å². The molecule has 2 rings (SSSR count). The lowest BCUT2D eigenvalue weighted by Crippen LogP contribution is -2.21. The van der Waals surface area contributed by atoms with Crippen molar-refractivity contribution < 1.29 is 0 Å². The first kappa shape index (κ1) is 5.83. The van der Waals surface area contributed by atoms with E-state index in [1.165, 1.54) is 5.56 Å².